The molecule has 4 fully saturated rings. The van der Waals surface area contributed by atoms with Gasteiger partial charge in [-0.1, -0.05) is 26.7 Å². The Kier molecular flexibility index (Phi) is 4.79. The quantitative estimate of drug-likeness (QED) is 0.460. The van der Waals surface area contributed by atoms with E-state index >= 15 is 0 Å². The van der Waals surface area contributed by atoms with Crippen molar-refractivity contribution in [3.05, 3.63) is 0 Å². The first kappa shape index (κ1) is 18.2. The Morgan fingerprint density at radius 3 is 2.25 bits per heavy atom. The van der Waals surface area contributed by atoms with Crippen LogP contribution in [0.25, 0.3) is 0 Å². The maximum atomic E-state index is 13.0. The van der Waals surface area contributed by atoms with Gasteiger partial charge >= 0.3 is 0 Å². The zero-order chi connectivity index (χ0) is 17.7. The van der Waals surface area contributed by atoms with Gasteiger partial charge in [0, 0.05) is 26.2 Å². The van der Waals surface area contributed by atoms with Gasteiger partial charge in [0.2, 0.25) is 0 Å². The third-order valence-electron chi connectivity index (χ3n) is 6.14. The summed E-state index contributed by atoms with van der Waals surface area (Å²) in [6.07, 6.45) is -1.48. The van der Waals surface area contributed by atoms with Crippen molar-refractivity contribution in [3.8, 4) is 0 Å². The molecule has 4 aliphatic heterocycles. The second-order valence-corrected chi connectivity index (χ2v) is 8.23. The lowest BCUT2D eigenvalue weighted by Gasteiger charge is -2.66. The molecule has 0 saturated carbocycles. The van der Waals surface area contributed by atoms with Gasteiger partial charge in [-0.3, -0.25) is 14.6 Å². The molecule has 4 aliphatic rings. The molecule has 0 radical (unpaired) electrons. The number of unbranched alkanes of at least 4 members (excludes halogenated alkanes) is 1. The Morgan fingerprint density at radius 1 is 1.17 bits per heavy atom. The fourth-order valence-corrected chi connectivity index (χ4v) is 5.15. The molecule has 0 spiro atoms. The van der Waals surface area contributed by atoms with Crippen LogP contribution in [0.3, 0.4) is 0 Å². The predicted octanol–water partition coefficient (Wildman–Crippen LogP) is -1.22. The number of aliphatic hydroxyl groups is 4. The first-order chi connectivity index (χ1) is 11.3. The van der Waals surface area contributed by atoms with E-state index in [0.29, 0.717) is 32.0 Å². The summed E-state index contributed by atoms with van der Waals surface area (Å²) in [6, 6.07) is 0. The largest absolute Gasteiger partial charge is 0.394 e. The van der Waals surface area contributed by atoms with Crippen molar-refractivity contribution in [2.75, 3.05) is 32.8 Å². The van der Waals surface area contributed by atoms with Crippen molar-refractivity contribution in [3.63, 3.8) is 0 Å². The molecule has 0 aliphatic carbocycles. The first-order valence-electron chi connectivity index (χ1n) is 8.96. The lowest BCUT2D eigenvalue weighted by molar-refractivity contribution is -0.229. The third-order valence-corrected chi connectivity index (χ3v) is 6.14. The first-order valence-corrected chi connectivity index (χ1v) is 8.96. The molecule has 4 N–H and O–H groups in total. The molecule has 138 valence electrons. The van der Waals surface area contributed by atoms with Crippen LogP contribution in [0, 0.1) is 10.8 Å². The standard InChI is InChI=1S/C17H30N2O5/c1-3-4-5-17-9-18-7-16(2,15(17)24)8-19(10-17)14(18)13(23)12(22)11(21)6-20/h11-14,20-23H,3-10H2,1-2H3. The van der Waals surface area contributed by atoms with Crippen molar-refractivity contribution in [2.24, 2.45) is 10.8 Å². The van der Waals surface area contributed by atoms with E-state index in [1.807, 2.05) is 6.92 Å². The second kappa shape index (κ2) is 6.30. The molecule has 0 aromatic carbocycles. The Morgan fingerprint density at radius 2 is 1.75 bits per heavy atom. The summed E-state index contributed by atoms with van der Waals surface area (Å²) in [6.45, 7) is 5.85. The number of nitrogens with zero attached hydrogens (tertiary/aromatic N) is 2. The molecule has 4 saturated heterocycles. The van der Waals surface area contributed by atoms with Gasteiger partial charge in [-0.25, -0.2) is 0 Å². The highest BCUT2D eigenvalue weighted by Crippen LogP contribution is 2.51. The summed E-state index contributed by atoms with van der Waals surface area (Å²) in [5.41, 5.74) is -0.807. The molecule has 5 unspecified atom stereocenters. The summed E-state index contributed by atoms with van der Waals surface area (Å²) < 4.78 is 0. The van der Waals surface area contributed by atoms with Crippen LogP contribution in [0.15, 0.2) is 0 Å². The zero-order valence-corrected chi connectivity index (χ0v) is 14.6. The Labute approximate surface area is 142 Å². The van der Waals surface area contributed by atoms with Gasteiger partial charge in [-0.05, 0) is 6.42 Å². The van der Waals surface area contributed by atoms with E-state index < -0.39 is 36.5 Å². The van der Waals surface area contributed by atoms with Crippen molar-refractivity contribution in [2.45, 2.75) is 57.6 Å². The van der Waals surface area contributed by atoms with E-state index in [9.17, 15) is 20.1 Å². The fraction of sp³-hybridized carbons (Fsp3) is 0.941. The van der Waals surface area contributed by atoms with E-state index in [2.05, 4.69) is 16.7 Å². The van der Waals surface area contributed by atoms with Crippen LogP contribution < -0.4 is 0 Å². The highest BCUT2D eigenvalue weighted by Gasteiger charge is 2.64. The average molecular weight is 342 g/mol. The van der Waals surface area contributed by atoms with Crippen LogP contribution in [0.5, 0.6) is 0 Å². The van der Waals surface area contributed by atoms with Crippen molar-refractivity contribution in [1.29, 1.82) is 0 Å². The average Bonchev–Trinajstić information content (AvgIpc) is 2.55. The van der Waals surface area contributed by atoms with Gasteiger partial charge in [0.25, 0.3) is 0 Å². The summed E-state index contributed by atoms with van der Waals surface area (Å²) in [4.78, 5) is 17.2. The van der Waals surface area contributed by atoms with Crippen molar-refractivity contribution in [1.82, 2.24) is 9.80 Å². The van der Waals surface area contributed by atoms with Gasteiger partial charge in [-0.15, -0.1) is 0 Å². The minimum Gasteiger partial charge on any atom is -0.394 e. The topological polar surface area (TPSA) is 104 Å². The molecule has 0 aromatic rings. The van der Waals surface area contributed by atoms with Crippen LogP contribution in [-0.2, 0) is 4.79 Å². The van der Waals surface area contributed by atoms with Crippen LogP contribution >= 0.6 is 0 Å². The lowest BCUT2D eigenvalue weighted by atomic mass is 9.59. The van der Waals surface area contributed by atoms with Gasteiger partial charge in [0.15, 0.2) is 0 Å². The Hall–Kier alpha value is -0.570. The molecule has 4 bridgehead atoms. The summed E-state index contributed by atoms with van der Waals surface area (Å²) in [5, 5.41) is 39.4. The second-order valence-electron chi connectivity index (χ2n) is 8.23. The maximum Gasteiger partial charge on any atom is 0.150 e. The van der Waals surface area contributed by atoms with Crippen LogP contribution in [-0.4, -0.2) is 93.3 Å². The predicted molar refractivity (Wildman–Crippen MR) is 87.1 cm³/mol. The summed E-state index contributed by atoms with van der Waals surface area (Å²) >= 11 is 0. The fourth-order valence-electron chi connectivity index (χ4n) is 5.15. The lowest BCUT2D eigenvalue weighted by Crippen LogP contribution is -2.81. The van der Waals surface area contributed by atoms with Gasteiger partial charge in [0.05, 0.1) is 23.6 Å². The molecule has 4 rings (SSSR count). The van der Waals surface area contributed by atoms with Crippen molar-refractivity contribution >= 4 is 5.78 Å². The van der Waals surface area contributed by atoms with Crippen LogP contribution in [0.4, 0.5) is 0 Å². The number of hydrogen-bond donors (Lipinski definition) is 4. The highest BCUT2D eigenvalue weighted by molar-refractivity contribution is 5.93. The number of rotatable bonds is 7. The molecule has 7 nitrogen and oxygen atoms in total. The molecule has 0 amide bonds. The molecule has 5 atom stereocenters. The van der Waals surface area contributed by atoms with E-state index in [1.54, 1.807) is 0 Å². The number of carbonyl (C=O) groups is 1. The van der Waals surface area contributed by atoms with Crippen LogP contribution in [0.1, 0.15) is 33.1 Å². The number of ketones is 1. The third kappa shape index (κ3) is 2.62. The van der Waals surface area contributed by atoms with E-state index in [-0.39, 0.29) is 5.41 Å². The minimum absolute atomic E-state index is 0.347. The molecule has 24 heavy (non-hydrogen) atoms. The smallest absolute Gasteiger partial charge is 0.150 e. The van der Waals surface area contributed by atoms with E-state index in [1.165, 1.54) is 0 Å². The van der Waals surface area contributed by atoms with Gasteiger partial charge in [0.1, 0.15) is 24.1 Å². The molecular weight excluding hydrogens is 312 g/mol. The van der Waals surface area contributed by atoms with Crippen LogP contribution in [0.2, 0.25) is 0 Å². The molecular formula is C17H30N2O5. The highest BCUT2D eigenvalue weighted by atomic mass is 16.4. The van der Waals surface area contributed by atoms with E-state index in [4.69, 9.17) is 5.11 Å². The zero-order valence-electron chi connectivity index (χ0n) is 14.6. The number of carbonyl (C=O) groups excluding carboxylic acids is 1. The van der Waals surface area contributed by atoms with Crippen molar-refractivity contribution < 1.29 is 25.2 Å². The summed E-state index contributed by atoms with van der Waals surface area (Å²) in [5.74, 6) is 0.347. The van der Waals surface area contributed by atoms with Gasteiger partial charge in [-0.2, -0.15) is 0 Å². The number of piperidine rings is 2. The maximum absolute atomic E-state index is 13.0. The molecule has 4 heterocycles. The Balaban J connectivity index is 1.84. The number of Topliss-reactive ketones (excluding diaryl/α,β-unsaturated/α-hetero) is 1. The minimum atomic E-state index is -1.41. The van der Waals surface area contributed by atoms with Gasteiger partial charge < -0.3 is 20.4 Å². The molecule has 7 heteroatoms. The number of hydrogen-bond acceptors (Lipinski definition) is 7. The van der Waals surface area contributed by atoms with E-state index in [0.717, 1.165) is 19.3 Å². The summed E-state index contributed by atoms with van der Waals surface area (Å²) in [7, 11) is 0. The Bertz CT molecular complexity index is 483. The normalized spacial score (nSPS) is 44.6. The number of aliphatic hydroxyl groups excluding tert-OH is 4. The SMILES string of the molecule is CCCCC12CN3CC(C)(CN(C1)C3C(O)C(O)C(O)CO)C2=O. The monoisotopic (exact) mass is 342 g/mol. The molecule has 0 aromatic heterocycles.